The van der Waals surface area contributed by atoms with Crippen molar-refractivity contribution in [1.29, 1.82) is 0 Å². The molecule has 0 fully saturated rings. The Hall–Kier alpha value is -3.34. The normalized spacial score (nSPS) is 10.2. The Morgan fingerprint density at radius 3 is 2.54 bits per heavy atom. The number of amides is 1. The van der Waals surface area contributed by atoms with Crippen molar-refractivity contribution in [2.24, 2.45) is 0 Å². The maximum atomic E-state index is 12.2. The van der Waals surface area contributed by atoms with Gasteiger partial charge < -0.3 is 15.4 Å². The van der Waals surface area contributed by atoms with Gasteiger partial charge in [-0.15, -0.1) is 0 Å². The molecule has 0 unspecified atom stereocenters. The van der Waals surface area contributed by atoms with E-state index in [1.165, 1.54) is 11.1 Å². The second-order valence-electron chi connectivity index (χ2n) is 5.96. The van der Waals surface area contributed by atoms with E-state index >= 15 is 0 Å². The molecule has 0 spiro atoms. The van der Waals surface area contributed by atoms with Crippen molar-refractivity contribution in [3.05, 3.63) is 83.6 Å². The lowest BCUT2D eigenvalue weighted by atomic mass is 10.1. The van der Waals surface area contributed by atoms with Crippen LogP contribution in [-0.2, 0) is 6.54 Å². The molecule has 2 N–H and O–H groups in total. The van der Waals surface area contributed by atoms with Crippen LogP contribution in [0.25, 0.3) is 0 Å². The van der Waals surface area contributed by atoms with Crippen molar-refractivity contribution in [3.63, 3.8) is 0 Å². The summed E-state index contributed by atoms with van der Waals surface area (Å²) < 4.78 is 5.09. The first-order valence-electron chi connectivity index (χ1n) is 8.35. The molecule has 3 aromatic rings. The lowest BCUT2D eigenvalue weighted by Crippen LogP contribution is -2.12. The van der Waals surface area contributed by atoms with E-state index in [4.69, 9.17) is 4.74 Å². The molecule has 1 amide bonds. The highest BCUT2D eigenvalue weighted by Gasteiger charge is 2.06. The molecule has 1 heterocycles. The van der Waals surface area contributed by atoms with Crippen LogP contribution in [0.2, 0.25) is 0 Å². The number of methoxy groups -OCH3 is 1. The summed E-state index contributed by atoms with van der Waals surface area (Å²) in [5.41, 5.74) is 3.64. The van der Waals surface area contributed by atoms with Crippen LogP contribution < -0.4 is 15.4 Å². The van der Waals surface area contributed by atoms with Crippen molar-refractivity contribution in [2.75, 3.05) is 17.7 Å². The van der Waals surface area contributed by atoms with Gasteiger partial charge in [0.15, 0.2) is 0 Å². The van der Waals surface area contributed by atoms with Gasteiger partial charge in [0.2, 0.25) is 0 Å². The largest absolute Gasteiger partial charge is 0.497 e. The van der Waals surface area contributed by atoms with Crippen LogP contribution in [0.5, 0.6) is 5.75 Å². The Morgan fingerprint density at radius 2 is 1.88 bits per heavy atom. The second-order valence-corrected chi connectivity index (χ2v) is 5.96. The smallest absolute Gasteiger partial charge is 0.255 e. The summed E-state index contributed by atoms with van der Waals surface area (Å²) in [5, 5.41) is 6.11. The minimum atomic E-state index is -0.185. The van der Waals surface area contributed by atoms with Crippen molar-refractivity contribution in [2.45, 2.75) is 13.5 Å². The van der Waals surface area contributed by atoms with E-state index < -0.39 is 0 Å². The van der Waals surface area contributed by atoms with Gasteiger partial charge in [-0.05, 0) is 48.9 Å². The molecule has 0 bridgehead atoms. The zero-order valence-electron chi connectivity index (χ0n) is 14.8. The minimum absolute atomic E-state index is 0.185. The maximum absolute atomic E-state index is 12.2. The minimum Gasteiger partial charge on any atom is -0.497 e. The molecule has 1 aromatic heterocycles. The SMILES string of the molecule is COc1ccc(C(=O)Nc2ccc(NCc3cccc(C)c3)nc2)cc1. The predicted molar refractivity (Wildman–Crippen MR) is 104 cm³/mol. The third kappa shape index (κ3) is 4.60. The van der Waals surface area contributed by atoms with Gasteiger partial charge >= 0.3 is 0 Å². The lowest BCUT2D eigenvalue weighted by Gasteiger charge is -2.09. The van der Waals surface area contributed by atoms with Gasteiger partial charge in [-0.25, -0.2) is 4.98 Å². The number of aromatic nitrogens is 1. The molecule has 0 aliphatic rings. The summed E-state index contributed by atoms with van der Waals surface area (Å²) in [6.07, 6.45) is 1.64. The fourth-order valence-electron chi connectivity index (χ4n) is 2.53. The molecule has 132 valence electrons. The topological polar surface area (TPSA) is 63.2 Å². The first-order chi connectivity index (χ1) is 12.6. The fraction of sp³-hybridized carbons (Fsp3) is 0.143. The van der Waals surface area contributed by atoms with Crippen LogP contribution in [0.4, 0.5) is 11.5 Å². The third-order valence-electron chi connectivity index (χ3n) is 3.93. The molecule has 0 saturated heterocycles. The van der Waals surface area contributed by atoms with Gasteiger partial charge in [-0.2, -0.15) is 0 Å². The Balaban J connectivity index is 1.57. The van der Waals surface area contributed by atoms with E-state index in [1.807, 2.05) is 18.2 Å². The first-order valence-corrected chi connectivity index (χ1v) is 8.35. The highest BCUT2D eigenvalue weighted by Crippen LogP contribution is 2.15. The standard InChI is InChI=1S/C21H21N3O2/c1-15-4-3-5-16(12-15)13-22-20-11-8-18(14-23-20)24-21(25)17-6-9-19(26-2)10-7-17/h3-12,14H,13H2,1-2H3,(H,22,23)(H,24,25). The van der Waals surface area contributed by atoms with E-state index in [-0.39, 0.29) is 5.91 Å². The highest BCUT2D eigenvalue weighted by molar-refractivity contribution is 6.04. The molecule has 0 aliphatic carbocycles. The number of carbonyl (C=O) groups is 1. The number of hydrogen-bond acceptors (Lipinski definition) is 4. The summed E-state index contributed by atoms with van der Waals surface area (Å²) in [5.74, 6) is 1.29. The third-order valence-corrected chi connectivity index (χ3v) is 3.93. The second kappa shape index (κ2) is 8.16. The molecular weight excluding hydrogens is 326 g/mol. The molecule has 26 heavy (non-hydrogen) atoms. The summed E-state index contributed by atoms with van der Waals surface area (Å²) in [6, 6.07) is 18.9. The van der Waals surface area contributed by atoms with Crippen LogP contribution in [0, 0.1) is 6.92 Å². The van der Waals surface area contributed by atoms with E-state index in [0.717, 1.165) is 5.82 Å². The number of nitrogens with zero attached hydrogens (tertiary/aromatic N) is 1. The van der Waals surface area contributed by atoms with Gasteiger partial charge in [-0.1, -0.05) is 29.8 Å². The van der Waals surface area contributed by atoms with Crippen molar-refractivity contribution >= 4 is 17.4 Å². The summed E-state index contributed by atoms with van der Waals surface area (Å²) >= 11 is 0. The van der Waals surface area contributed by atoms with E-state index in [9.17, 15) is 4.79 Å². The Morgan fingerprint density at radius 1 is 1.08 bits per heavy atom. The van der Waals surface area contributed by atoms with Gasteiger partial charge in [0.05, 0.1) is 19.0 Å². The summed E-state index contributed by atoms with van der Waals surface area (Å²) in [4.78, 5) is 16.6. The fourth-order valence-corrected chi connectivity index (χ4v) is 2.53. The van der Waals surface area contributed by atoms with E-state index in [1.54, 1.807) is 37.6 Å². The van der Waals surface area contributed by atoms with Crippen LogP contribution in [-0.4, -0.2) is 18.0 Å². The van der Waals surface area contributed by atoms with E-state index in [2.05, 4.69) is 40.7 Å². The Labute approximate surface area is 153 Å². The average Bonchev–Trinajstić information content (AvgIpc) is 2.67. The highest BCUT2D eigenvalue weighted by atomic mass is 16.5. The van der Waals surface area contributed by atoms with Crippen LogP contribution >= 0.6 is 0 Å². The van der Waals surface area contributed by atoms with Crippen LogP contribution in [0.15, 0.2) is 66.9 Å². The number of anilines is 2. The van der Waals surface area contributed by atoms with E-state index in [0.29, 0.717) is 23.5 Å². The number of carbonyl (C=O) groups excluding carboxylic acids is 1. The number of rotatable bonds is 6. The number of aryl methyl sites for hydroxylation is 1. The number of benzene rings is 2. The molecule has 3 rings (SSSR count). The Kier molecular flexibility index (Phi) is 5.49. The molecule has 0 aliphatic heterocycles. The summed E-state index contributed by atoms with van der Waals surface area (Å²) in [7, 11) is 1.59. The number of hydrogen-bond donors (Lipinski definition) is 2. The zero-order chi connectivity index (χ0) is 18.4. The van der Waals surface area contributed by atoms with Gasteiger partial charge in [0, 0.05) is 12.1 Å². The zero-order valence-corrected chi connectivity index (χ0v) is 14.8. The first kappa shape index (κ1) is 17.5. The van der Waals surface area contributed by atoms with Crippen molar-refractivity contribution in [1.82, 2.24) is 4.98 Å². The predicted octanol–water partition coefficient (Wildman–Crippen LogP) is 4.26. The van der Waals surface area contributed by atoms with Crippen molar-refractivity contribution in [3.8, 4) is 5.75 Å². The molecule has 2 aromatic carbocycles. The quantitative estimate of drug-likeness (QED) is 0.699. The van der Waals surface area contributed by atoms with Gasteiger partial charge in [-0.3, -0.25) is 4.79 Å². The van der Waals surface area contributed by atoms with Gasteiger partial charge in [0.1, 0.15) is 11.6 Å². The number of pyridine rings is 1. The lowest BCUT2D eigenvalue weighted by molar-refractivity contribution is 0.102. The monoisotopic (exact) mass is 347 g/mol. The average molecular weight is 347 g/mol. The maximum Gasteiger partial charge on any atom is 0.255 e. The summed E-state index contributed by atoms with van der Waals surface area (Å²) in [6.45, 7) is 2.77. The number of ether oxygens (including phenoxy) is 1. The molecule has 0 radical (unpaired) electrons. The Bertz CT molecular complexity index is 875. The van der Waals surface area contributed by atoms with Crippen molar-refractivity contribution < 1.29 is 9.53 Å². The number of nitrogens with one attached hydrogen (secondary N) is 2. The molecule has 5 heteroatoms. The molecule has 0 saturated carbocycles. The van der Waals surface area contributed by atoms with Crippen LogP contribution in [0.3, 0.4) is 0 Å². The molecular formula is C21H21N3O2. The molecule has 5 nitrogen and oxygen atoms in total. The van der Waals surface area contributed by atoms with Gasteiger partial charge in [0.25, 0.3) is 5.91 Å². The van der Waals surface area contributed by atoms with Crippen LogP contribution in [0.1, 0.15) is 21.5 Å². The molecule has 0 atom stereocenters.